The lowest BCUT2D eigenvalue weighted by Gasteiger charge is -2.30. The zero-order valence-corrected chi connectivity index (χ0v) is 15.6. The van der Waals surface area contributed by atoms with Crippen molar-refractivity contribution in [2.24, 2.45) is 5.92 Å². The lowest BCUT2D eigenvalue weighted by molar-refractivity contribution is -0.385. The van der Waals surface area contributed by atoms with E-state index >= 15 is 0 Å². The van der Waals surface area contributed by atoms with Gasteiger partial charge in [0.2, 0.25) is 0 Å². The fourth-order valence-electron chi connectivity index (χ4n) is 3.39. The van der Waals surface area contributed by atoms with Gasteiger partial charge in [-0.25, -0.2) is 0 Å². The molecule has 1 fully saturated rings. The van der Waals surface area contributed by atoms with E-state index in [1.807, 2.05) is 18.2 Å². The van der Waals surface area contributed by atoms with Crippen LogP contribution in [0, 0.1) is 26.1 Å². The fourth-order valence-corrected chi connectivity index (χ4v) is 3.39. The number of hydrogen-bond donors (Lipinski definition) is 0. The van der Waals surface area contributed by atoms with Crippen molar-refractivity contribution >= 4 is 17.5 Å². The number of nitrogens with zero attached hydrogens (tertiary/aromatic N) is 3. The molecule has 7 nitrogen and oxygen atoms in total. The number of non-ortho nitro benzene ring substituents is 2. The minimum atomic E-state index is -0.389. The number of nitro groups is 2. The van der Waals surface area contributed by atoms with Crippen LogP contribution in [0.4, 0.5) is 11.4 Å². The average Bonchev–Trinajstić information content (AvgIpc) is 2.72. The second kappa shape index (κ2) is 9.23. The van der Waals surface area contributed by atoms with Crippen molar-refractivity contribution in [3.8, 4) is 0 Å². The maximum absolute atomic E-state index is 10.7. The Labute approximate surface area is 163 Å². The molecule has 1 aliphatic heterocycles. The first-order valence-electron chi connectivity index (χ1n) is 9.39. The van der Waals surface area contributed by atoms with Gasteiger partial charge in [-0.2, -0.15) is 0 Å². The quantitative estimate of drug-likeness (QED) is 0.521. The molecule has 0 bridgehead atoms. The smallest absolute Gasteiger partial charge is 0.269 e. The first kappa shape index (κ1) is 19.7. The largest absolute Gasteiger partial charge is 0.303 e. The molecule has 1 heterocycles. The summed E-state index contributed by atoms with van der Waals surface area (Å²) in [5.74, 6) is 0.519. The monoisotopic (exact) mass is 381 g/mol. The third kappa shape index (κ3) is 5.47. The van der Waals surface area contributed by atoms with Gasteiger partial charge < -0.3 is 4.90 Å². The Bertz CT molecular complexity index is 839. The van der Waals surface area contributed by atoms with Crippen LogP contribution in [0.15, 0.2) is 54.6 Å². The summed E-state index contributed by atoms with van der Waals surface area (Å²) in [7, 11) is 0. The summed E-state index contributed by atoms with van der Waals surface area (Å²) in [4.78, 5) is 23.1. The molecule has 0 spiro atoms. The summed E-state index contributed by atoms with van der Waals surface area (Å²) in [5, 5.41) is 21.4. The molecule has 3 rings (SSSR count). The van der Waals surface area contributed by atoms with E-state index in [1.54, 1.807) is 24.3 Å². The maximum Gasteiger partial charge on any atom is 0.269 e. The van der Waals surface area contributed by atoms with Crippen molar-refractivity contribution in [2.45, 2.75) is 19.3 Å². The van der Waals surface area contributed by atoms with Crippen LogP contribution in [-0.2, 0) is 6.42 Å². The Hall–Kier alpha value is -3.06. The van der Waals surface area contributed by atoms with Crippen molar-refractivity contribution in [1.82, 2.24) is 4.90 Å². The molecule has 1 saturated heterocycles. The number of piperidine rings is 1. The summed E-state index contributed by atoms with van der Waals surface area (Å²) in [6, 6.07) is 13.4. The Morgan fingerprint density at radius 3 is 1.96 bits per heavy atom. The van der Waals surface area contributed by atoms with Gasteiger partial charge in [-0.1, -0.05) is 24.3 Å². The number of rotatable bonds is 7. The average molecular weight is 381 g/mol. The predicted molar refractivity (Wildman–Crippen MR) is 108 cm³/mol. The lowest BCUT2D eigenvalue weighted by Crippen LogP contribution is -2.34. The highest BCUT2D eigenvalue weighted by atomic mass is 16.6. The molecule has 28 heavy (non-hydrogen) atoms. The Kier molecular flexibility index (Phi) is 6.49. The zero-order chi connectivity index (χ0) is 19.9. The molecule has 0 N–H and O–H groups in total. The standard InChI is InChI=1S/C21H23N3O4/c25-23(26)20-7-3-17(4-8-20)1-2-19-12-15-22(16-13-19)14-11-18-5-9-21(10-6-18)24(27)28/h1-10,19H,11-16H2/b2-1+. The second-order valence-corrected chi connectivity index (χ2v) is 7.06. The normalized spacial score (nSPS) is 15.7. The van der Waals surface area contributed by atoms with Crippen LogP contribution in [0.25, 0.3) is 6.08 Å². The van der Waals surface area contributed by atoms with Gasteiger partial charge >= 0.3 is 0 Å². The van der Waals surface area contributed by atoms with Crippen LogP contribution >= 0.6 is 0 Å². The van der Waals surface area contributed by atoms with Gasteiger partial charge in [0.25, 0.3) is 11.4 Å². The molecule has 1 aliphatic rings. The second-order valence-electron chi connectivity index (χ2n) is 7.06. The minimum absolute atomic E-state index is 0.110. The van der Waals surface area contributed by atoms with Gasteiger partial charge in [-0.05, 0) is 61.5 Å². The molecule has 0 radical (unpaired) electrons. The Morgan fingerprint density at radius 2 is 1.43 bits per heavy atom. The van der Waals surface area contributed by atoms with E-state index in [9.17, 15) is 20.2 Å². The molecule has 0 unspecified atom stereocenters. The zero-order valence-electron chi connectivity index (χ0n) is 15.6. The molecular formula is C21H23N3O4. The van der Waals surface area contributed by atoms with Crippen LogP contribution in [0.2, 0.25) is 0 Å². The highest BCUT2D eigenvalue weighted by Gasteiger charge is 2.17. The molecule has 0 atom stereocenters. The fraction of sp³-hybridized carbons (Fsp3) is 0.333. The van der Waals surface area contributed by atoms with E-state index in [0.29, 0.717) is 5.92 Å². The highest BCUT2D eigenvalue weighted by molar-refractivity contribution is 5.52. The molecule has 0 aromatic heterocycles. The predicted octanol–water partition coefficient (Wildman–Crippen LogP) is 4.47. The first-order valence-corrected chi connectivity index (χ1v) is 9.39. The van der Waals surface area contributed by atoms with E-state index in [4.69, 9.17) is 0 Å². The van der Waals surface area contributed by atoms with E-state index in [1.165, 1.54) is 12.1 Å². The first-order chi connectivity index (χ1) is 13.5. The Morgan fingerprint density at radius 1 is 0.893 bits per heavy atom. The van der Waals surface area contributed by atoms with Crippen LogP contribution in [-0.4, -0.2) is 34.4 Å². The van der Waals surface area contributed by atoms with Crippen LogP contribution in [0.1, 0.15) is 24.0 Å². The van der Waals surface area contributed by atoms with Gasteiger partial charge in [0, 0.05) is 30.8 Å². The summed E-state index contributed by atoms with van der Waals surface area (Å²) in [6.45, 7) is 3.01. The van der Waals surface area contributed by atoms with Gasteiger partial charge in [0.1, 0.15) is 0 Å². The SMILES string of the molecule is O=[N+]([O-])c1ccc(/C=C/C2CCN(CCc3ccc([N+](=O)[O-])cc3)CC2)cc1. The van der Waals surface area contributed by atoms with Crippen LogP contribution in [0.3, 0.4) is 0 Å². The number of hydrogen-bond acceptors (Lipinski definition) is 5. The molecule has 146 valence electrons. The molecule has 0 amide bonds. The molecule has 7 heteroatoms. The number of nitro benzene ring substituents is 2. The maximum atomic E-state index is 10.7. The number of allylic oxidation sites excluding steroid dienone is 1. The van der Waals surface area contributed by atoms with E-state index < -0.39 is 0 Å². The lowest BCUT2D eigenvalue weighted by atomic mass is 9.95. The van der Waals surface area contributed by atoms with Crippen LogP contribution in [0.5, 0.6) is 0 Å². The van der Waals surface area contributed by atoms with Crippen molar-refractivity contribution in [3.63, 3.8) is 0 Å². The van der Waals surface area contributed by atoms with Crippen molar-refractivity contribution in [2.75, 3.05) is 19.6 Å². The molecule has 2 aromatic carbocycles. The summed E-state index contributed by atoms with van der Waals surface area (Å²) in [6.07, 6.45) is 7.31. The molecule has 0 saturated carbocycles. The van der Waals surface area contributed by atoms with E-state index in [0.717, 1.165) is 50.0 Å². The molecular weight excluding hydrogens is 358 g/mol. The third-order valence-electron chi connectivity index (χ3n) is 5.16. The molecule has 0 aliphatic carbocycles. The topological polar surface area (TPSA) is 89.5 Å². The number of likely N-dealkylation sites (tertiary alicyclic amines) is 1. The van der Waals surface area contributed by atoms with Gasteiger partial charge in [-0.15, -0.1) is 0 Å². The summed E-state index contributed by atoms with van der Waals surface area (Å²) >= 11 is 0. The van der Waals surface area contributed by atoms with Gasteiger partial charge in [-0.3, -0.25) is 20.2 Å². The summed E-state index contributed by atoms with van der Waals surface area (Å²) < 4.78 is 0. The summed E-state index contributed by atoms with van der Waals surface area (Å²) in [5.41, 5.74) is 2.33. The van der Waals surface area contributed by atoms with Crippen molar-refractivity contribution in [1.29, 1.82) is 0 Å². The number of benzene rings is 2. The van der Waals surface area contributed by atoms with Crippen LogP contribution < -0.4 is 0 Å². The van der Waals surface area contributed by atoms with E-state index in [-0.39, 0.29) is 21.2 Å². The van der Waals surface area contributed by atoms with Gasteiger partial charge in [0.15, 0.2) is 0 Å². The minimum Gasteiger partial charge on any atom is -0.303 e. The van der Waals surface area contributed by atoms with Gasteiger partial charge in [0.05, 0.1) is 9.85 Å². The Balaban J connectivity index is 1.42. The van der Waals surface area contributed by atoms with Crippen molar-refractivity contribution < 1.29 is 9.85 Å². The highest BCUT2D eigenvalue weighted by Crippen LogP contribution is 2.21. The van der Waals surface area contributed by atoms with Crippen molar-refractivity contribution in [3.05, 3.63) is 86.0 Å². The third-order valence-corrected chi connectivity index (χ3v) is 5.16. The van der Waals surface area contributed by atoms with E-state index in [2.05, 4.69) is 11.0 Å². The molecule has 2 aromatic rings.